The highest BCUT2D eigenvalue weighted by atomic mass is 35.5. The topological polar surface area (TPSA) is 96.5 Å². The van der Waals surface area contributed by atoms with E-state index in [0.29, 0.717) is 0 Å². The van der Waals surface area contributed by atoms with Crippen molar-refractivity contribution in [1.82, 2.24) is 0 Å². The minimum absolute atomic E-state index is 0.0530. The van der Waals surface area contributed by atoms with Crippen LogP contribution in [0.15, 0.2) is 30.3 Å². The Bertz CT molecular complexity index is 1320. The number of amides is 3. The Morgan fingerprint density at radius 3 is 2.32 bits per heavy atom. The number of halogens is 8. The summed E-state index contributed by atoms with van der Waals surface area (Å²) in [6.45, 7) is -0.997. The molecule has 7 nitrogen and oxygen atoms in total. The molecule has 38 heavy (non-hydrogen) atoms. The molecule has 3 amide bonds. The van der Waals surface area contributed by atoms with E-state index in [1.165, 1.54) is 18.2 Å². The Hall–Kier alpha value is -2.24. The Morgan fingerprint density at radius 1 is 1.08 bits per heavy atom. The van der Waals surface area contributed by atoms with Gasteiger partial charge >= 0.3 is 6.36 Å². The van der Waals surface area contributed by atoms with Crippen LogP contribution in [0.25, 0.3) is 0 Å². The van der Waals surface area contributed by atoms with Gasteiger partial charge in [0.1, 0.15) is 15.8 Å². The molecular weight excluding hydrogens is 603 g/mol. The van der Waals surface area contributed by atoms with Crippen molar-refractivity contribution in [3.05, 3.63) is 52.6 Å². The van der Waals surface area contributed by atoms with Crippen LogP contribution in [0.5, 0.6) is 0 Å². The van der Waals surface area contributed by atoms with E-state index in [1.54, 1.807) is 0 Å². The SMILES string of the molecule is O=C(Nc1ccc(F)c(NC(=O)C2(COC(F)(F)F)CP2)c1F)c1cc(NC(=O)C2CC2(Cl)Cl)ccc1Cl. The highest BCUT2D eigenvalue weighted by Crippen LogP contribution is 2.54. The number of rotatable bonds is 8. The molecule has 1 saturated heterocycles. The normalized spacial score (nSPS) is 22.1. The maximum atomic E-state index is 15.1. The molecule has 16 heteroatoms. The van der Waals surface area contributed by atoms with E-state index in [0.717, 1.165) is 12.1 Å². The zero-order chi connectivity index (χ0) is 28.0. The van der Waals surface area contributed by atoms with Gasteiger partial charge < -0.3 is 16.0 Å². The van der Waals surface area contributed by atoms with E-state index >= 15 is 4.39 Å². The number of nitrogens with one attached hydrogen (secondary N) is 3. The van der Waals surface area contributed by atoms with Crippen molar-refractivity contribution in [1.29, 1.82) is 0 Å². The van der Waals surface area contributed by atoms with Crippen molar-refractivity contribution in [3.63, 3.8) is 0 Å². The van der Waals surface area contributed by atoms with Crippen LogP contribution < -0.4 is 16.0 Å². The molecule has 0 radical (unpaired) electrons. The quantitative estimate of drug-likeness (QED) is 0.195. The number of ether oxygens (including phenoxy) is 1. The van der Waals surface area contributed by atoms with Crippen LogP contribution in [0.1, 0.15) is 16.8 Å². The van der Waals surface area contributed by atoms with Gasteiger partial charge in [0.15, 0.2) is 5.82 Å². The van der Waals surface area contributed by atoms with E-state index in [9.17, 15) is 31.9 Å². The molecule has 3 unspecified atom stereocenters. The fourth-order valence-electron chi connectivity index (χ4n) is 3.33. The molecule has 1 aliphatic carbocycles. The molecule has 1 aliphatic heterocycles. The van der Waals surface area contributed by atoms with Gasteiger partial charge in [-0.1, -0.05) is 11.6 Å². The van der Waals surface area contributed by atoms with Crippen molar-refractivity contribution >= 4 is 78.2 Å². The third-order valence-electron chi connectivity index (χ3n) is 5.72. The zero-order valence-electron chi connectivity index (χ0n) is 18.7. The molecule has 2 aromatic carbocycles. The Morgan fingerprint density at radius 2 is 1.74 bits per heavy atom. The van der Waals surface area contributed by atoms with Gasteiger partial charge in [-0.25, -0.2) is 8.78 Å². The number of anilines is 3. The highest BCUT2D eigenvalue weighted by molar-refractivity contribution is 7.51. The second-order valence-electron chi connectivity index (χ2n) is 8.56. The van der Waals surface area contributed by atoms with Gasteiger partial charge in [-0.15, -0.1) is 45.0 Å². The lowest BCUT2D eigenvalue weighted by Gasteiger charge is -2.18. The summed E-state index contributed by atoms with van der Waals surface area (Å²) in [4.78, 5) is 37.5. The number of benzene rings is 2. The Kier molecular flexibility index (Phi) is 7.86. The number of alkyl halides is 5. The number of carbonyl (C=O) groups is 3. The molecule has 2 aromatic rings. The molecular formula is C22H16Cl3F5N3O4P. The Balaban J connectivity index is 1.48. The first-order valence-electron chi connectivity index (χ1n) is 10.7. The molecule has 2 aliphatic rings. The lowest BCUT2D eigenvalue weighted by Crippen LogP contribution is -2.36. The lowest BCUT2D eigenvalue weighted by molar-refractivity contribution is -0.324. The van der Waals surface area contributed by atoms with Crippen LogP contribution in [0, 0.1) is 17.6 Å². The standard InChI is InChI=1S/C22H16Cl3F5N3O4P/c23-12-2-1-9(31-18(35)11-6-21(11,24)25)5-10(12)17(34)32-14-4-3-13(26)16(15(14)27)33-19(36)20(8-38-20)7-37-22(28,29)30/h1-5,11,38H,6-8H2,(H,31,35)(H,32,34)(H,33,36). The molecule has 1 heterocycles. The predicted molar refractivity (Wildman–Crippen MR) is 133 cm³/mol. The first kappa shape index (κ1) is 28.8. The number of hydrogen-bond donors (Lipinski definition) is 3. The van der Waals surface area contributed by atoms with Crippen LogP contribution >= 0.6 is 43.4 Å². The van der Waals surface area contributed by atoms with Crippen LogP contribution in [0.2, 0.25) is 5.02 Å². The van der Waals surface area contributed by atoms with Gasteiger partial charge in [0, 0.05) is 5.69 Å². The molecule has 3 atom stereocenters. The first-order valence-corrected chi connectivity index (χ1v) is 13.0. The van der Waals surface area contributed by atoms with E-state index in [4.69, 9.17) is 34.8 Å². The molecule has 1 saturated carbocycles. The van der Waals surface area contributed by atoms with E-state index in [-0.39, 0.29) is 37.4 Å². The molecule has 2 fully saturated rings. The summed E-state index contributed by atoms with van der Waals surface area (Å²) in [5, 5.41) is 5.07. The smallest absolute Gasteiger partial charge is 0.326 e. The minimum Gasteiger partial charge on any atom is -0.326 e. The van der Waals surface area contributed by atoms with E-state index in [1.807, 2.05) is 5.32 Å². The summed E-state index contributed by atoms with van der Waals surface area (Å²) in [6.07, 6.45) is -4.67. The van der Waals surface area contributed by atoms with E-state index in [2.05, 4.69) is 15.4 Å². The minimum atomic E-state index is -4.97. The second-order valence-corrected chi connectivity index (χ2v) is 12.2. The average Bonchev–Trinajstić information content (AvgIpc) is 3.74. The number of hydrogen-bond acceptors (Lipinski definition) is 4. The predicted octanol–water partition coefficient (Wildman–Crippen LogP) is 5.91. The van der Waals surface area contributed by atoms with Crippen LogP contribution in [0.3, 0.4) is 0 Å². The largest absolute Gasteiger partial charge is 0.522 e. The van der Waals surface area contributed by atoms with Gasteiger partial charge in [0.25, 0.3) is 5.91 Å². The summed E-state index contributed by atoms with van der Waals surface area (Å²) >= 11 is 17.8. The third kappa shape index (κ3) is 6.48. The van der Waals surface area contributed by atoms with E-state index < -0.39 is 69.1 Å². The highest BCUT2D eigenvalue weighted by Gasteiger charge is 2.56. The summed E-state index contributed by atoms with van der Waals surface area (Å²) < 4.78 is 69.1. The van der Waals surface area contributed by atoms with Crippen LogP contribution in [-0.2, 0) is 14.3 Å². The molecule has 204 valence electrons. The average molecular weight is 619 g/mol. The van der Waals surface area contributed by atoms with Crippen molar-refractivity contribution in [2.45, 2.75) is 22.3 Å². The summed E-state index contributed by atoms with van der Waals surface area (Å²) in [7, 11) is -0.236. The van der Waals surface area contributed by atoms with Crippen molar-refractivity contribution < 1.29 is 41.1 Å². The van der Waals surface area contributed by atoms with Crippen molar-refractivity contribution in [3.8, 4) is 0 Å². The van der Waals surface area contributed by atoms with Crippen molar-refractivity contribution in [2.75, 3.05) is 28.7 Å². The van der Waals surface area contributed by atoms with Gasteiger partial charge in [0.05, 0.1) is 34.0 Å². The van der Waals surface area contributed by atoms with Gasteiger partial charge in [-0.2, -0.15) is 0 Å². The van der Waals surface area contributed by atoms with Crippen LogP contribution in [0.4, 0.5) is 39.0 Å². The summed E-state index contributed by atoms with van der Waals surface area (Å²) in [6, 6.07) is 5.56. The second kappa shape index (κ2) is 10.4. The Labute approximate surface area is 228 Å². The molecule has 0 spiro atoms. The first-order chi connectivity index (χ1) is 17.6. The molecule has 0 aromatic heterocycles. The van der Waals surface area contributed by atoms with Crippen LogP contribution in [-0.4, -0.2) is 46.3 Å². The van der Waals surface area contributed by atoms with Gasteiger partial charge in [-0.3, -0.25) is 19.1 Å². The summed E-state index contributed by atoms with van der Waals surface area (Å²) in [5.41, 5.74) is -1.52. The lowest BCUT2D eigenvalue weighted by atomic mass is 10.1. The summed E-state index contributed by atoms with van der Waals surface area (Å²) in [5.74, 6) is -5.72. The molecule has 4 rings (SSSR count). The zero-order valence-corrected chi connectivity index (χ0v) is 22.0. The maximum Gasteiger partial charge on any atom is 0.522 e. The fraction of sp³-hybridized carbons (Fsp3) is 0.318. The molecule has 3 N–H and O–H groups in total. The monoisotopic (exact) mass is 617 g/mol. The fourth-order valence-corrected chi connectivity index (χ4v) is 4.91. The molecule has 0 bridgehead atoms. The van der Waals surface area contributed by atoms with Gasteiger partial charge in [-0.05, 0) is 42.9 Å². The number of carbonyl (C=O) groups excluding carboxylic acids is 3. The van der Waals surface area contributed by atoms with Gasteiger partial charge in [0.2, 0.25) is 11.8 Å². The third-order valence-corrected chi connectivity index (χ3v) is 8.46. The van der Waals surface area contributed by atoms with Crippen molar-refractivity contribution in [2.24, 2.45) is 5.92 Å². The maximum absolute atomic E-state index is 15.1.